The topological polar surface area (TPSA) is 26.0 Å². The predicted molar refractivity (Wildman–Crippen MR) is 53.3 cm³/mol. The van der Waals surface area contributed by atoms with Crippen molar-refractivity contribution in [1.29, 1.82) is 0 Å². The maximum atomic E-state index is 13.2. The van der Waals surface area contributed by atoms with Gasteiger partial charge in [-0.15, -0.1) is 0 Å². The molecule has 0 aliphatic carbocycles. The van der Waals surface area contributed by atoms with Gasteiger partial charge in [0.2, 0.25) is 0 Å². The zero-order valence-electron chi connectivity index (χ0n) is 7.98. The molecule has 0 radical (unpaired) electrons. The summed E-state index contributed by atoms with van der Waals surface area (Å²) in [5.41, 5.74) is 4.54. The van der Waals surface area contributed by atoms with Gasteiger partial charge in [0.1, 0.15) is 5.82 Å². The first-order valence-corrected chi connectivity index (χ1v) is 4.44. The van der Waals surface area contributed by atoms with E-state index in [1.165, 1.54) is 24.3 Å². The van der Waals surface area contributed by atoms with Gasteiger partial charge in [-0.2, -0.15) is 13.2 Å². The number of anilines is 1. The summed E-state index contributed by atoms with van der Waals surface area (Å²) < 4.78 is 51.0. The van der Waals surface area contributed by atoms with Gasteiger partial charge in [0, 0.05) is 5.69 Å². The molecule has 0 aromatic heterocycles. The Balaban J connectivity index is 2.85. The fraction of sp³-hybridized carbons (Fsp3) is 0.0909. The third-order valence-electron chi connectivity index (χ3n) is 2.28. The molecule has 0 aliphatic heterocycles. The molecule has 0 atom stereocenters. The van der Waals surface area contributed by atoms with Crippen molar-refractivity contribution in [3.05, 3.63) is 41.7 Å². The lowest BCUT2D eigenvalue weighted by Gasteiger charge is -2.11. The maximum Gasteiger partial charge on any atom is 0.419 e. The van der Waals surface area contributed by atoms with Gasteiger partial charge in [0.25, 0.3) is 0 Å². The molecule has 0 unspecified atom stereocenters. The summed E-state index contributed by atoms with van der Waals surface area (Å²) in [6.07, 6.45) is -4.71. The van der Waals surface area contributed by atoms with Crippen LogP contribution in [-0.4, -0.2) is 0 Å². The van der Waals surface area contributed by atoms with Crippen LogP contribution in [0.4, 0.5) is 23.2 Å². The second kappa shape index (κ2) is 3.37. The minimum atomic E-state index is -4.71. The number of rotatable bonds is 0. The molecule has 0 saturated heterocycles. The zero-order valence-corrected chi connectivity index (χ0v) is 7.98. The van der Waals surface area contributed by atoms with Crippen LogP contribution < -0.4 is 5.73 Å². The zero-order chi connectivity index (χ0) is 11.9. The summed E-state index contributed by atoms with van der Waals surface area (Å²) in [4.78, 5) is 0. The van der Waals surface area contributed by atoms with Crippen molar-refractivity contribution < 1.29 is 17.6 Å². The van der Waals surface area contributed by atoms with Crippen LogP contribution in [0.15, 0.2) is 30.3 Å². The molecule has 16 heavy (non-hydrogen) atoms. The minimum absolute atomic E-state index is 0.179. The first-order chi connectivity index (χ1) is 7.39. The molecule has 84 valence electrons. The highest BCUT2D eigenvalue weighted by molar-refractivity contribution is 5.88. The quantitative estimate of drug-likeness (QED) is 0.542. The third-order valence-corrected chi connectivity index (χ3v) is 2.28. The number of halogens is 4. The summed E-state index contributed by atoms with van der Waals surface area (Å²) in [6.45, 7) is 0. The highest BCUT2D eigenvalue weighted by Crippen LogP contribution is 2.37. The molecule has 2 aromatic carbocycles. The Kier molecular flexibility index (Phi) is 2.26. The number of hydrogen-bond acceptors (Lipinski definition) is 1. The van der Waals surface area contributed by atoms with Crippen LogP contribution >= 0.6 is 0 Å². The Morgan fingerprint density at radius 3 is 2.31 bits per heavy atom. The standard InChI is InChI=1S/C11H7F4N/c12-9-4-1-6-5-7(16)2-3-8(6)10(9)11(13,14)15/h1-5H,16H2. The summed E-state index contributed by atoms with van der Waals surface area (Å²) in [7, 11) is 0. The number of nitrogen functional groups attached to an aromatic ring is 1. The SMILES string of the molecule is Nc1ccc2c(C(F)(F)F)c(F)ccc2c1. The first kappa shape index (κ1) is 10.7. The Bertz CT molecular complexity index is 545. The summed E-state index contributed by atoms with van der Waals surface area (Å²) in [6, 6.07) is 5.94. The lowest BCUT2D eigenvalue weighted by molar-refractivity contribution is -0.138. The molecule has 2 aromatic rings. The van der Waals surface area contributed by atoms with E-state index in [4.69, 9.17) is 5.73 Å². The van der Waals surface area contributed by atoms with Gasteiger partial charge in [-0.25, -0.2) is 4.39 Å². The van der Waals surface area contributed by atoms with Crippen LogP contribution in [0.5, 0.6) is 0 Å². The van der Waals surface area contributed by atoms with Gasteiger partial charge in [0.15, 0.2) is 0 Å². The van der Waals surface area contributed by atoms with E-state index in [0.29, 0.717) is 5.69 Å². The second-order valence-corrected chi connectivity index (χ2v) is 3.40. The summed E-state index contributed by atoms with van der Waals surface area (Å²) in [5, 5.41) is 0.0930. The Morgan fingerprint density at radius 1 is 1.00 bits per heavy atom. The monoisotopic (exact) mass is 229 g/mol. The van der Waals surface area contributed by atoms with E-state index in [1.54, 1.807) is 0 Å². The molecule has 2 rings (SSSR count). The van der Waals surface area contributed by atoms with Crippen LogP contribution in [0.2, 0.25) is 0 Å². The predicted octanol–water partition coefficient (Wildman–Crippen LogP) is 3.58. The van der Waals surface area contributed by atoms with Gasteiger partial charge in [-0.1, -0.05) is 12.1 Å². The fourth-order valence-corrected chi connectivity index (χ4v) is 1.61. The molecule has 2 N–H and O–H groups in total. The van der Waals surface area contributed by atoms with Crippen LogP contribution in [0.1, 0.15) is 5.56 Å². The van der Waals surface area contributed by atoms with Crippen molar-refractivity contribution in [1.82, 2.24) is 0 Å². The van der Waals surface area contributed by atoms with E-state index in [2.05, 4.69) is 0 Å². The van der Waals surface area contributed by atoms with Gasteiger partial charge in [0.05, 0.1) is 5.56 Å². The van der Waals surface area contributed by atoms with Crippen molar-refractivity contribution in [2.75, 3.05) is 5.73 Å². The van der Waals surface area contributed by atoms with E-state index in [1.807, 2.05) is 0 Å². The fourth-order valence-electron chi connectivity index (χ4n) is 1.61. The molecule has 0 bridgehead atoms. The van der Waals surface area contributed by atoms with Gasteiger partial charge in [-0.3, -0.25) is 0 Å². The van der Waals surface area contributed by atoms with Crippen LogP contribution in [0.25, 0.3) is 10.8 Å². The number of nitrogens with two attached hydrogens (primary N) is 1. The van der Waals surface area contributed by atoms with Gasteiger partial charge >= 0.3 is 6.18 Å². The van der Waals surface area contributed by atoms with Crippen molar-refractivity contribution in [3.8, 4) is 0 Å². The smallest absolute Gasteiger partial charge is 0.399 e. The summed E-state index contributed by atoms with van der Waals surface area (Å²) in [5.74, 6) is -1.27. The van der Waals surface area contributed by atoms with Crippen molar-refractivity contribution >= 4 is 16.5 Å². The van der Waals surface area contributed by atoms with Crippen molar-refractivity contribution in [2.24, 2.45) is 0 Å². The molecule has 0 heterocycles. The molecule has 0 amide bonds. The number of benzene rings is 2. The van der Waals surface area contributed by atoms with E-state index < -0.39 is 17.6 Å². The molecule has 5 heteroatoms. The Morgan fingerprint density at radius 2 is 1.69 bits per heavy atom. The molecule has 0 aliphatic rings. The molecule has 0 saturated carbocycles. The molecule has 1 nitrogen and oxygen atoms in total. The number of hydrogen-bond donors (Lipinski definition) is 1. The highest BCUT2D eigenvalue weighted by atomic mass is 19.4. The Labute approximate surface area is 88.5 Å². The van der Waals surface area contributed by atoms with Crippen molar-refractivity contribution in [2.45, 2.75) is 6.18 Å². The molecule has 0 spiro atoms. The maximum absolute atomic E-state index is 13.2. The Hall–Kier alpha value is -1.78. The van der Waals surface area contributed by atoms with Crippen LogP contribution in [0, 0.1) is 5.82 Å². The lowest BCUT2D eigenvalue weighted by Crippen LogP contribution is -2.09. The van der Waals surface area contributed by atoms with E-state index in [0.717, 1.165) is 6.07 Å². The van der Waals surface area contributed by atoms with E-state index in [9.17, 15) is 17.6 Å². The summed E-state index contributed by atoms with van der Waals surface area (Å²) >= 11 is 0. The van der Waals surface area contributed by atoms with Crippen LogP contribution in [0.3, 0.4) is 0 Å². The highest BCUT2D eigenvalue weighted by Gasteiger charge is 2.35. The van der Waals surface area contributed by atoms with Crippen molar-refractivity contribution in [3.63, 3.8) is 0 Å². The average Bonchev–Trinajstić information content (AvgIpc) is 2.16. The average molecular weight is 229 g/mol. The normalized spacial score (nSPS) is 12.0. The van der Waals surface area contributed by atoms with Gasteiger partial charge in [-0.05, 0) is 29.0 Å². The molecule has 0 fully saturated rings. The largest absolute Gasteiger partial charge is 0.419 e. The van der Waals surface area contributed by atoms with E-state index >= 15 is 0 Å². The number of fused-ring (bicyclic) bond motifs is 1. The van der Waals surface area contributed by atoms with E-state index in [-0.39, 0.29) is 10.8 Å². The molecular formula is C11H7F4N. The minimum Gasteiger partial charge on any atom is -0.399 e. The second-order valence-electron chi connectivity index (χ2n) is 3.40. The number of alkyl halides is 3. The van der Waals surface area contributed by atoms with Crippen LogP contribution in [-0.2, 0) is 6.18 Å². The van der Waals surface area contributed by atoms with Gasteiger partial charge < -0.3 is 5.73 Å². The third kappa shape index (κ3) is 1.68. The molecular weight excluding hydrogens is 222 g/mol. The lowest BCUT2D eigenvalue weighted by atomic mass is 10.0. The first-order valence-electron chi connectivity index (χ1n) is 4.44.